The molecule has 2 aromatic rings. The van der Waals surface area contributed by atoms with Gasteiger partial charge in [0.25, 0.3) is 5.69 Å². The van der Waals surface area contributed by atoms with Gasteiger partial charge in [-0.25, -0.2) is 4.98 Å². The number of anilines is 2. The lowest BCUT2D eigenvalue weighted by atomic mass is 10.3. The van der Waals surface area contributed by atoms with Gasteiger partial charge in [-0.15, -0.1) is 0 Å². The first-order valence-electron chi connectivity index (χ1n) is 5.00. The van der Waals surface area contributed by atoms with Crippen LogP contribution in [0.15, 0.2) is 39.3 Å². The number of pyridine rings is 1. The van der Waals surface area contributed by atoms with Gasteiger partial charge in [0, 0.05) is 8.95 Å². The van der Waals surface area contributed by atoms with Crippen molar-refractivity contribution >= 4 is 60.7 Å². The first-order chi connectivity index (χ1) is 8.95. The average Bonchev–Trinajstić information content (AvgIpc) is 2.32. The number of aromatic nitrogens is 1. The van der Waals surface area contributed by atoms with Crippen LogP contribution < -0.4 is 5.32 Å². The summed E-state index contributed by atoms with van der Waals surface area (Å²) in [5.74, 6) is 0.308. The van der Waals surface area contributed by atoms with Crippen LogP contribution in [0, 0.1) is 10.1 Å². The Balaban J connectivity index is 2.35. The number of halogens is 3. The Kier molecular flexibility index (Phi) is 4.38. The summed E-state index contributed by atoms with van der Waals surface area (Å²) in [5, 5.41) is 13.8. The zero-order chi connectivity index (χ0) is 14.0. The van der Waals surface area contributed by atoms with Crippen LogP contribution in [0.5, 0.6) is 0 Å². The summed E-state index contributed by atoms with van der Waals surface area (Å²) in [5.41, 5.74) is 0.614. The summed E-state index contributed by atoms with van der Waals surface area (Å²) >= 11 is 12.5. The van der Waals surface area contributed by atoms with Gasteiger partial charge in [-0.3, -0.25) is 10.1 Å². The van der Waals surface area contributed by atoms with Crippen molar-refractivity contribution in [3.8, 4) is 0 Å². The Bertz CT molecular complexity index is 652. The molecule has 0 aliphatic rings. The zero-order valence-electron chi connectivity index (χ0n) is 9.23. The van der Waals surface area contributed by atoms with Gasteiger partial charge in [0.05, 0.1) is 22.7 Å². The molecule has 0 unspecified atom stereocenters. The van der Waals surface area contributed by atoms with Crippen LogP contribution in [0.1, 0.15) is 0 Å². The Hall–Kier alpha value is -1.18. The predicted octanol–water partition coefficient (Wildman–Crippen LogP) is 4.91. The van der Waals surface area contributed by atoms with Gasteiger partial charge < -0.3 is 5.32 Å². The predicted molar refractivity (Wildman–Crippen MR) is 81.0 cm³/mol. The molecule has 0 aliphatic carbocycles. The van der Waals surface area contributed by atoms with Gasteiger partial charge in [-0.1, -0.05) is 27.5 Å². The molecule has 0 spiro atoms. The highest BCUT2D eigenvalue weighted by molar-refractivity contribution is 9.11. The molecule has 8 heteroatoms. The minimum absolute atomic E-state index is 0.0601. The second-order valence-electron chi connectivity index (χ2n) is 3.54. The van der Waals surface area contributed by atoms with E-state index in [1.807, 2.05) is 18.2 Å². The quantitative estimate of drug-likeness (QED) is 0.446. The van der Waals surface area contributed by atoms with Crippen LogP contribution in [0.3, 0.4) is 0 Å². The van der Waals surface area contributed by atoms with E-state index in [1.54, 1.807) is 0 Å². The topological polar surface area (TPSA) is 68.1 Å². The number of nitro groups is 1. The molecule has 0 aliphatic heterocycles. The first-order valence-corrected chi connectivity index (χ1v) is 6.96. The highest BCUT2D eigenvalue weighted by Crippen LogP contribution is 2.30. The SMILES string of the molecule is O=[N+]([O-])c1cc(Cl)nc(Nc2ccc(Br)cc2Br)c1. The van der Waals surface area contributed by atoms with Gasteiger partial charge in [-0.2, -0.15) is 0 Å². The van der Waals surface area contributed by atoms with Crippen LogP contribution in [0.2, 0.25) is 5.15 Å². The summed E-state index contributed by atoms with van der Waals surface area (Å²) in [4.78, 5) is 14.2. The van der Waals surface area contributed by atoms with Crippen molar-refractivity contribution in [1.82, 2.24) is 4.98 Å². The fourth-order valence-corrected chi connectivity index (χ4v) is 2.73. The fourth-order valence-electron chi connectivity index (χ4n) is 1.38. The smallest absolute Gasteiger partial charge is 0.276 e. The molecule has 0 atom stereocenters. The molecule has 5 nitrogen and oxygen atoms in total. The van der Waals surface area contributed by atoms with Crippen LogP contribution >= 0.6 is 43.5 Å². The van der Waals surface area contributed by atoms with Gasteiger partial charge >= 0.3 is 0 Å². The highest BCUT2D eigenvalue weighted by atomic mass is 79.9. The van der Waals surface area contributed by atoms with E-state index < -0.39 is 4.92 Å². The molecular formula is C11H6Br2ClN3O2. The third-order valence-corrected chi connectivity index (χ3v) is 3.53. The van der Waals surface area contributed by atoms with E-state index in [9.17, 15) is 10.1 Å². The molecule has 0 fully saturated rings. The van der Waals surface area contributed by atoms with Crippen molar-refractivity contribution < 1.29 is 4.92 Å². The average molecular weight is 407 g/mol. The molecule has 0 amide bonds. The number of benzene rings is 1. The fraction of sp³-hybridized carbons (Fsp3) is 0. The molecule has 19 heavy (non-hydrogen) atoms. The molecular weight excluding hydrogens is 401 g/mol. The number of hydrogen-bond acceptors (Lipinski definition) is 4. The molecule has 98 valence electrons. The van der Waals surface area contributed by atoms with Crippen molar-refractivity contribution in [2.75, 3.05) is 5.32 Å². The number of hydrogen-bond donors (Lipinski definition) is 1. The first kappa shape index (κ1) is 14.2. The van der Waals surface area contributed by atoms with Crippen molar-refractivity contribution in [3.63, 3.8) is 0 Å². The molecule has 0 saturated carbocycles. The van der Waals surface area contributed by atoms with Gasteiger partial charge in [-0.05, 0) is 34.1 Å². The van der Waals surface area contributed by atoms with E-state index >= 15 is 0 Å². The maximum absolute atomic E-state index is 10.7. The number of nitrogens with zero attached hydrogens (tertiary/aromatic N) is 2. The summed E-state index contributed by atoms with van der Waals surface area (Å²) in [6, 6.07) is 8.01. The Morgan fingerprint density at radius 2 is 2.00 bits per heavy atom. The lowest BCUT2D eigenvalue weighted by Crippen LogP contribution is -1.97. The largest absolute Gasteiger partial charge is 0.339 e. The van der Waals surface area contributed by atoms with Crippen LogP contribution in [-0.2, 0) is 0 Å². The highest BCUT2D eigenvalue weighted by Gasteiger charge is 2.11. The molecule has 2 rings (SSSR count). The molecule has 0 bridgehead atoms. The molecule has 0 radical (unpaired) electrons. The second kappa shape index (κ2) is 5.85. The van der Waals surface area contributed by atoms with Crippen LogP contribution in [-0.4, -0.2) is 9.91 Å². The lowest BCUT2D eigenvalue weighted by molar-refractivity contribution is -0.384. The van der Waals surface area contributed by atoms with E-state index in [4.69, 9.17) is 11.6 Å². The maximum atomic E-state index is 10.7. The van der Waals surface area contributed by atoms with Crippen molar-refractivity contribution in [2.45, 2.75) is 0 Å². The standard InChI is InChI=1S/C11H6Br2ClN3O2/c12-6-1-2-9(8(13)3-6)15-11-5-7(17(18)19)4-10(14)16-11/h1-5H,(H,15,16). The molecule has 1 aromatic heterocycles. The Morgan fingerprint density at radius 3 is 2.63 bits per heavy atom. The normalized spacial score (nSPS) is 10.3. The maximum Gasteiger partial charge on any atom is 0.276 e. The van der Waals surface area contributed by atoms with Gasteiger partial charge in [0.1, 0.15) is 11.0 Å². The van der Waals surface area contributed by atoms with E-state index in [-0.39, 0.29) is 10.8 Å². The Morgan fingerprint density at radius 1 is 1.26 bits per heavy atom. The van der Waals surface area contributed by atoms with E-state index in [1.165, 1.54) is 12.1 Å². The third-order valence-electron chi connectivity index (χ3n) is 2.18. The van der Waals surface area contributed by atoms with E-state index in [0.717, 1.165) is 14.6 Å². The van der Waals surface area contributed by atoms with Gasteiger partial charge in [0.15, 0.2) is 0 Å². The van der Waals surface area contributed by atoms with Crippen LogP contribution in [0.25, 0.3) is 0 Å². The lowest BCUT2D eigenvalue weighted by Gasteiger charge is -2.08. The van der Waals surface area contributed by atoms with Crippen LogP contribution in [0.4, 0.5) is 17.2 Å². The molecule has 0 saturated heterocycles. The monoisotopic (exact) mass is 405 g/mol. The van der Waals surface area contributed by atoms with Crippen molar-refractivity contribution in [2.24, 2.45) is 0 Å². The van der Waals surface area contributed by atoms with Gasteiger partial charge in [0.2, 0.25) is 0 Å². The summed E-state index contributed by atoms with van der Waals surface area (Å²) in [6.45, 7) is 0. The Labute approximate surface area is 130 Å². The molecule has 1 N–H and O–H groups in total. The molecule has 1 aromatic carbocycles. The van der Waals surface area contributed by atoms with Crippen molar-refractivity contribution in [1.29, 1.82) is 0 Å². The second-order valence-corrected chi connectivity index (χ2v) is 5.70. The van der Waals surface area contributed by atoms with E-state index in [2.05, 4.69) is 42.2 Å². The minimum Gasteiger partial charge on any atom is -0.339 e. The summed E-state index contributed by atoms with van der Waals surface area (Å²) in [6.07, 6.45) is 0. The molecule has 1 heterocycles. The number of rotatable bonds is 3. The van der Waals surface area contributed by atoms with Crippen molar-refractivity contribution in [3.05, 3.63) is 54.5 Å². The summed E-state index contributed by atoms with van der Waals surface area (Å²) in [7, 11) is 0. The zero-order valence-corrected chi connectivity index (χ0v) is 13.2. The third kappa shape index (κ3) is 3.65. The van der Waals surface area contributed by atoms with E-state index in [0.29, 0.717) is 5.82 Å². The number of nitrogens with one attached hydrogen (secondary N) is 1. The summed E-state index contributed by atoms with van der Waals surface area (Å²) < 4.78 is 1.71. The minimum atomic E-state index is -0.518.